The van der Waals surface area contributed by atoms with Crippen molar-refractivity contribution in [1.82, 2.24) is 4.98 Å². The molecule has 0 bridgehead atoms. The van der Waals surface area contributed by atoms with Crippen molar-refractivity contribution in [3.05, 3.63) is 36.0 Å². The number of nitrogens with one attached hydrogen (secondary N) is 1. The normalized spacial score (nSPS) is 11.2. The van der Waals surface area contributed by atoms with Crippen LogP contribution in [-0.2, 0) is 0 Å². The van der Waals surface area contributed by atoms with E-state index in [0.29, 0.717) is 10.9 Å². The van der Waals surface area contributed by atoms with E-state index in [1.54, 1.807) is 12.3 Å². The molecule has 0 atom stereocenters. The molecule has 0 radical (unpaired) electrons. The van der Waals surface area contributed by atoms with Crippen LogP contribution in [0, 0.1) is 0 Å². The Hall–Kier alpha value is -0.0787. The molecule has 1 aromatic carbocycles. The third-order valence-electron chi connectivity index (χ3n) is 2.14. The summed E-state index contributed by atoms with van der Waals surface area (Å²) in [5, 5.41) is 0.598. The Morgan fingerprint density at radius 3 is 2.50 bits per heavy atom. The van der Waals surface area contributed by atoms with Gasteiger partial charge in [0, 0.05) is 11.7 Å². The van der Waals surface area contributed by atoms with Gasteiger partial charge in [0.2, 0.25) is 0 Å². The van der Waals surface area contributed by atoms with Crippen molar-refractivity contribution in [3.8, 4) is 0 Å². The Morgan fingerprint density at radius 2 is 1.88 bits per heavy atom. The summed E-state index contributed by atoms with van der Waals surface area (Å²) in [4.78, 5) is 13.8. The van der Waals surface area contributed by atoms with Gasteiger partial charge in [0.1, 0.15) is 5.68 Å². The topological polar surface area (TPSA) is 32.9 Å². The molecule has 0 saturated heterocycles. The second-order valence-corrected chi connectivity index (χ2v) is 3.22. The summed E-state index contributed by atoms with van der Waals surface area (Å²) in [5.74, 6) is 0. The van der Waals surface area contributed by atoms with Crippen molar-refractivity contribution >= 4 is 23.6 Å². The van der Waals surface area contributed by atoms with Crippen LogP contribution in [0.2, 0.25) is 0 Å². The number of H-pyrrole nitrogens is 1. The van der Waals surface area contributed by atoms with Crippen LogP contribution in [-0.4, -0.2) is 17.6 Å². The molecule has 2 rings (SSSR count). The minimum absolute atomic E-state index is 0. The minimum atomic E-state index is -5.45. The van der Waals surface area contributed by atoms with E-state index in [9.17, 15) is 17.7 Å². The summed E-state index contributed by atoms with van der Waals surface area (Å²) in [7, 11) is 0. The van der Waals surface area contributed by atoms with Gasteiger partial charge in [0.15, 0.2) is 0 Å². The van der Waals surface area contributed by atoms with E-state index in [4.69, 9.17) is 0 Å². The first-order valence-electron chi connectivity index (χ1n) is 4.30. The largest absolute Gasteiger partial charge is 1.00 e. The summed E-state index contributed by atoms with van der Waals surface area (Å²) in [6.45, 7) is -5.45. The van der Waals surface area contributed by atoms with Gasteiger partial charge in [0.25, 0.3) is 0 Å². The maximum absolute atomic E-state index is 12.2. The van der Waals surface area contributed by atoms with E-state index in [0.717, 1.165) is 0 Å². The molecule has 1 aromatic heterocycles. The van der Waals surface area contributed by atoms with E-state index in [-0.39, 0.29) is 56.9 Å². The smallest absolute Gasteiger partial charge is 0.443 e. The summed E-state index contributed by atoms with van der Waals surface area (Å²) in [6.07, 6.45) is 1.61. The van der Waals surface area contributed by atoms with Crippen molar-refractivity contribution in [2.75, 3.05) is 0 Å². The number of aromatic nitrogens is 1. The molecule has 7 heteroatoms. The second kappa shape index (κ2) is 5.05. The van der Waals surface area contributed by atoms with E-state index in [2.05, 4.69) is 4.98 Å². The molecule has 0 aliphatic rings. The first-order chi connectivity index (χ1) is 6.98. The number of benzene rings is 1. The van der Waals surface area contributed by atoms with Crippen LogP contribution >= 0.6 is 0 Å². The molecule has 0 unspecified atom stereocenters. The summed E-state index contributed by atoms with van der Waals surface area (Å²) in [5.41, 5.74) is -1.35. The van der Waals surface area contributed by atoms with Gasteiger partial charge in [-0.05, 0) is 29.1 Å². The van der Waals surface area contributed by atoms with Gasteiger partial charge in [-0.1, -0.05) is 6.07 Å². The first kappa shape index (κ1) is 14.0. The van der Waals surface area contributed by atoms with E-state index >= 15 is 0 Å². The molecule has 2 nitrogen and oxygen atoms in total. The van der Waals surface area contributed by atoms with Crippen molar-refractivity contribution in [3.63, 3.8) is 0 Å². The Bertz CT molecular complexity index is 523. The fourth-order valence-corrected chi connectivity index (χ4v) is 1.40. The number of aromatic amines is 1. The quantitative estimate of drug-likeness (QED) is 0.733. The molecular formula is C9H6BF3KNO. The van der Waals surface area contributed by atoms with E-state index in [1.165, 1.54) is 18.2 Å². The van der Waals surface area contributed by atoms with Gasteiger partial charge >= 0.3 is 58.4 Å². The molecule has 1 heterocycles. The molecule has 0 aliphatic heterocycles. The summed E-state index contributed by atoms with van der Waals surface area (Å²) in [6, 6.07) is 5.50. The van der Waals surface area contributed by atoms with Crippen LogP contribution in [0.4, 0.5) is 12.9 Å². The molecule has 78 valence electrons. The molecule has 0 spiro atoms. The molecule has 0 aliphatic carbocycles. The van der Waals surface area contributed by atoms with E-state index < -0.39 is 12.7 Å². The maximum atomic E-state index is 12.2. The SMILES string of the molecule is O=C(c1ccc2[nH]ccc2c1)[B-](F)(F)F.[K+]. The van der Waals surface area contributed by atoms with Gasteiger partial charge < -0.3 is 22.7 Å². The molecule has 1 N–H and O–H groups in total. The number of fused-ring (bicyclic) bond motifs is 1. The molecule has 0 fully saturated rings. The molecule has 0 saturated carbocycles. The average Bonchev–Trinajstić information content (AvgIpc) is 2.61. The Morgan fingerprint density at radius 1 is 1.19 bits per heavy atom. The minimum Gasteiger partial charge on any atom is -0.443 e. The number of rotatable bonds is 2. The third kappa shape index (κ3) is 2.78. The van der Waals surface area contributed by atoms with Gasteiger partial charge in [-0.2, -0.15) is 0 Å². The van der Waals surface area contributed by atoms with Gasteiger partial charge in [0.05, 0.1) is 0 Å². The zero-order chi connectivity index (χ0) is 11.1. The third-order valence-corrected chi connectivity index (χ3v) is 2.14. The van der Waals surface area contributed by atoms with Crippen molar-refractivity contribution in [2.24, 2.45) is 0 Å². The molecular weight excluding hydrogens is 245 g/mol. The zero-order valence-electron chi connectivity index (χ0n) is 8.51. The van der Waals surface area contributed by atoms with Gasteiger partial charge in [-0.3, -0.25) is 0 Å². The van der Waals surface area contributed by atoms with Crippen LogP contribution < -0.4 is 51.4 Å². The van der Waals surface area contributed by atoms with Crippen LogP contribution in [0.25, 0.3) is 10.9 Å². The number of carbonyl (C=O) groups is 1. The monoisotopic (exact) mass is 251 g/mol. The Kier molecular flexibility index (Phi) is 4.42. The number of hydrogen-bond acceptors (Lipinski definition) is 1. The number of halogens is 3. The van der Waals surface area contributed by atoms with Crippen LogP contribution in [0.15, 0.2) is 30.5 Å². The summed E-state index contributed by atoms with van der Waals surface area (Å²) >= 11 is 0. The Balaban J connectivity index is 0.00000128. The fraction of sp³-hybridized carbons (Fsp3) is 0. The standard InChI is InChI=1S/C9H6BF3NO.K/c11-10(12,13)9(15)7-1-2-8-6(5-7)3-4-14-8;/h1-5,14H;/q-1;+1. The zero-order valence-corrected chi connectivity index (χ0v) is 11.6. The van der Waals surface area contributed by atoms with Crippen LogP contribution in [0.3, 0.4) is 0 Å². The van der Waals surface area contributed by atoms with Gasteiger partial charge in [-0.25, -0.2) is 0 Å². The average molecular weight is 251 g/mol. The molecule has 0 amide bonds. The predicted molar refractivity (Wildman–Crippen MR) is 51.7 cm³/mol. The number of hydrogen-bond donors (Lipinski definition) is 1. The molecule has 2 aromatic rings. The summed E-state index contributed by atoms with van der Waals surface area (Å²) < 4.78 is 36.5. The van der Waals surface area contributed by atoms with Gasteiger partial charge in [-0.15, -0.1) is 0 Å². The maximum Gasteiger partial charge on any atom is 1.00 e. The van der Waals surface area contributed by atoms with Crippen molar-refractivity contribution < 1.29 is 69.1 Å². The number of carbonyl (C=O) groups excluding carboxylic acids is 1. The predicted octanol–water partition coefficient (Wildman–Crippen LogP) is -0.259. The first-order valence-corrected chi connectivity index (χ1v) is 4.30. The van der Waals surface area contributed by atoms with E-state index in [1.807, 2.05) is 0 Å². The Labute approximate surface area is 132 Å². The second-order valence-electron chi connectivity index (χ2n) is 3.22. The van der Waals surface area contributed by atoms with Crippen molar-refractivity contribution in [1.29, 1.82) is 0 Å². The van der Waals surface area contributed by atoms with Crippen molar-refractivity contribution in [2.45, 2.75) is 0 Å². The van der Waals surface area contributed by atoms with Crippen LogP contribution in [0.1, 0.15) is 10.4 Å². The van der Waals surface area contributed by atoms with Crippen LogP contribution in [0.5, 0.6) is 0 Å². The molecule has 16 heavy (non-hydrogen) atoms. The fourth-order valence-electron chi connectivity index (χ4n) is 1.40.